The molecule has 1 atom stereocenters. The van der Waals surface area contributed by atoms with Crippen molar-refractivity contribution in [3.8, 4) is 0 Å². The van der Waals surface area contributed by atoms with E-state index < -0.39 is 6.04 Å². The van der Waals surface area contributed by atoms with Crippen LogP contribution in [0.15, 0.2) is 0 Å². The molecule has 5 nitrogen and oxygen atoms in total. The molecule has 0 aromatic rings. The average Bonchev–Trinajstić information content (AvgIpc) is 2.19. The molecule has 0 aliphatic carbocycles. The molecule has 1 unspecified atom stereocenters. The first-order valence-corrected chi connectivity index (χ1v) is 5.35. The summed E-state index contributed by atoms with van der Waals surface area (Å²) in [6.07, 6.45) is 0.260. The SMILES string of the molecule is CCN(CC)C(=O)C(C)NC(=O)CCN. The number of amides is 2. The van der Waals surface area contributed by atoms with Crippen molar-refractivity contribution in [1.82, 2.24) is 10.2 Å². The molecule has 0 radical (unpaired) electrons. The Morgan fingerprint density at radius 3 is 2.27 bits per heavy atom. The largest absolute Gasteiger partial charge is 0.345 e. The Morgan fingerprint density at radius 1 is 1.33 bits per heavy atom. The molecule has 0 spiro atoms. The van der Waals surface area contributed by atoms with E-state index in [1.54, 1.807) is 11.8 Å². The van der Waals surface area contributed by atoms with E-state index in [1.807, 2.05) is 13.8 Å². The van der Waals surface area contributed by atoms with Crippen LogP contribution in [0.2, 0.25) is 0 Å². The molecule has 0 aliphatic heterocycles. The monoisotopic (exact) mass is 215 g/mol. The van der Waals surface area contributed by atoms with Crippen LogP contribution in [0, 0.1) is 0 Å². The number of nitrogens with zero attached hydrogens (tertiary/aromatic N) is 1. The lowest BCUT2D eigenvalue weighted by Gasteiger charge is -2.23. The second-order valence-corrected chi connectivity index (χ2v) is 3.34. The van der Waals surface area contributed by atoms with Crippen molar-refractivity contribution in [2.45, 2.75) is 33.2 Å². The maximum absolute atomic E-state index is 11.7. The minimum Gasteiger partial charge on any atom is -0.345 e. The van der Waals surface area contributed by atoms with Gasteiger partial charge < -0.3 is 16.0 Å². The first-order valence-electron chi connectivity index (χ1n) is 5.35. The molecular formula is C10H21N3O2. The maximum atomic E-state index is 11.7. The lowest BCUT2D eigenvalue weighted by Crippen LogP contribution is -2.47. The van der Waals surface area contributed by atoms with E-state index in [4.69, 9.17) is 5.73 Å². The fourth-order valence-electron chi connectivity index (χ4n) is 1.32. The van der Waals surface area contributed by atoms with E-state index in [-0.39, 0.29) is 18.2 Å². The third-order valence-electron chi connectivity index (χ3n) is 2.19. The number of carbonyl (C=O) groups excluding carboxylic acids is 2. The highest BCUT2D eigenvalue weighted by Crippen LogP contribution is 1.95. The molecule has 0 heterocycles. The van der Waals surface area contributed by atoms with Crippen LogP contribution < -0.4 is 11.1 Å². The smallest absolute Gasteiger partial charge is 0.244 e. The Morgan fingerprint density at radius 2 is 1.87 bits per heavy atom. The van der Waals surface area contributed by atoms with Gasteiger partial charge in [-0.3, -0.25) is 9.59 Å². The van der Waals surface area contributed by atoms with Gasteiger partial charge in [-0.15, -0.1) is 0 Å². The Balaban J connectivity index is 4.13. The molecular weight excluding hydrogens is 194 g/mol. The molecule has 0 fully saturated rings. The molecule has 15 heavy (non-hydrogen) atoms. The van der Waals surface area contributed by atoms with E-state index in [9.17, 15) is 9.59 Å². The lowest BCUT2D eigenvalue weighted by atomic mass is 10.2. The Hall–Kier alpha value is -1.10. The van der Waals surface area contributed by atoms with Crippen LogP contribution in [0.4, 0.5) is 0 Å². The summed E-state index contributed by atoms with van der Waals surface area (Å²) < 4.78 is 0. The Bertz CT molecular complexity index is 215. The number of hydrogen-bond donors (Lipinski definition) is 2. The van der Waals surface area contributed by atoms with Gasteiger partial charge in [-0.2, -0.15) is 0 Å². The number of likely N-dealkylation sites (N-methyl/N-ethyl adjacent to an activating group) is 1. The van der Waals surface area contributed by atoms with Crippen LogP contribution in [0.5, 0.6) is 0 Å². The van der Waals surface area contributed by atoms with Gasteiger partial charge in [0.1, 0.15) is 6.04 Å². The summed E-state index contributed by atoms with van der Waals surface area (Å²) in [7, 11) is 0. The van der Waals surface area contributed by atoms with Gasteiger partial charge in [0.2, 0.25) is 11.8 Å². The molecule has 0 rings (SSSR count). The van der Waals surface area contributed by atoms with Crippen molar-refractivity contribution in [2.75, 3.05) is 19.6 Å². The van der Waals surface area contributed by atoms with Gasteiger partial charge in [0.25, 0.3) is 0 Å². The predicted molar refractivity (Wildman–Crippen MR) is 59.2 cm³/mol. The molecule has 88 valence electrons. The quantitative estimate of drug-likeness (QED) is 0.639. The van der Waals surface area contributed by atoms with Gasteiger partial charge in [0, 0.05) is 26.1 Å². The number of rotatable bonds is 6. The standard InChI is InChI=1S/C10H21N3O2/c1-4-13(5-2)10(15)8(3)12-9(14)6-7-11/h8H,4-7,11H2,1-3H3,(H,12,14). The molecule has 0 aromatic heterocycles. The molecule has 0 bridgehead atoms. The normalized spacial score (nSPS) is 12.0. The molecule has 2 amide bonds. The number of carbonyl (C=O) groups is 2. The molecule has 0 saturated carbocycles. The van der Waals surface area contributed by atoms with Crippen molar-refractivity contribution >= 4 is 11.8 Å². The minimum absolute atomic E-state index is 0.0506. The van der Waals surface area contributed by atoms with E-state index >= 15 is 0 Å². The van der Waals surface area contributed by atoms with Crippen molar-refractivity contribution in [1.29, 1.82) is 0 Å². The van der Waals surface area contributed by atoms with E-state index in [0.717, 1.165) is 0 Å². The molecule has 0 saturated heterocycles. The van der Waals surface area contributed by atoms with Gasteiger partial charge in [-0.1, -0.05) is 0 Å². The summed E-state index contributed by atoms with van der Waals surface area (Å²) in [4.78, 5) is 24.6. The van der Waals surface area contributed by atoms with Gasteiger partial charge in [-0.05, 0) is 20.8 Å². The zero-order valence-corrected chi connectivity index (χ0v) is 9.75. The van der Waals surface area contributed by atoms with Crippen LogP contribution >= 0.6 is 0 Å². The molecule has 5 heteroatoms. The fourth-order valence-corrected chi connectivity index (χ4v) is 1.32. The number of nitrogens with one attached hydrogen (secondary N) is 1. The number of nitrogens with two attached hydrogens (primary N) is 1. The van der Waals surface area contributed by atoms with E-state index in [0.29, 0.717) is 19.6 Å². The van der Waals surface area contributed by atoms with Gasteiger partial charge in [-0.25, -0.2) is 0 Å². The fraction of sp³-hybridized carbons (Fsp3) is 0.800. The van der Waals surface area contributed by atoms with Gasteiger partial charge in [0.05, 0.1) is 0 Å². The second kappa shape index (κ2) is 7.23. The van der Waals surface area contributed by atoms with Gasteiger partial charge in [0.15, 0.2) is 0 Å². The number of hydrogen-bond acceptors (Lipinski definition) is 3. The Kier molecular flexibility index (Phi) is 6.70. The van der Waals surface area contributed by atoms with Crippen LogP contribution in [0.1, 0.15) is 27.2 Å². The zero-order valence-electron chi connectivity index (χ0n) is 9.75. The molecule has 3 N–H and O–H groups in total. The topological polar surface area (TPSA) is 75.4 Å². The third kappa shape index (κ3) is 4.78. The molecule has 0 aromatic carbocycles. The third-order valence-corrected chi connectivity index (χ3v) is 2.19. The minimum atomic E-state index is -0.469. The van der Waals surface area contributed by atoms with Gasteiger partial charge >= 0.3 is 0 Å². The summed E-state index contributed by atoms with van der Waals surface area (Å²) in [5.41, 5.74) is 5.24. The average molecular weight is 215 g/mol. The first-order chi connectivity index (χ1) is 7.06. The highest BCUT2D eigenvalue weighted by molar-refractivity contribution is 5.87. The van der Waals surface area contributed by atoms with E-state index in [2.05, 4.69) is 5.32 Å². The summed E-state index contributed by atoms with van der Waals surface area (Å²) >= 11 is 0. The first kappa shape index (κ1) is 13.9. The van der Waals surface area contributed by atoms with Crippen molar-refractivity contribution < 1.29 is 9.59 Å². The van der Waals surface area contributed by atoms with Crippen LogP contribution in [-0.2, 0) is 9.59 Å². The van der Waals surface area contributed by atoms with Crippen molar-refractivity contribution in [3.63, 3.8) is 0 Å². The maximum Gasteiger partial charge on any atom is 0.244 e. The highest BCUT2D eigenvalue weighted by Gasteiger charge is 2.19. The Labute approximate surface area is 91.0 Å². The van der Waals surface area contributed by atoms with Crippen LogP contribution in [0.3, 0.4) is 0 Å². The lowest BCUT2D eigenvalue weighted by molar-refractivity contribution is -0.135. The summed E-state index contributed by atoms with van der Waals surface area (Å²) in [5.74, 6) is -0.226. The van der Waals surface area contributed by atoms with Crippen LogP contribution in [-0.4, -0.2) is 42.4 Å². The van der Waals surface area contributed by atoms with Crippen molar-refractivity contribution in [3.05, 3.63) is 0 Å². The molecule has 0 aliphatic rings. The summed E-state index contributed by atoms with van der Waals surface area (Å²) in [6.45, 7) is 7.14. The highest BCUT2D eigenvalue weighted by atomic mass is 16.2. The summed E-state index contributed by atoms with van der Waals surface area (Å²) in [5, 5.41) is 2.62. The van der Waals surface area contributed by atoms with Crippen LogP contribution in [0.25, 0.3) is 0 Å². The summed E-state index contributed by atoms with van der Waals surface area (Å²) in [6, 6.07) is -0.469. The van der Waals surface area contributed by atoms with E-state index in [1.165, 1.54) is 0 Å². The zero-order chi connectivity index (χ0) is 11.8. The van der Waals surface area contributed by atoms with Crippen molar-refractivity contribution in [2.24, 2.45) is 5.73 Å². The second-order valence-electron chi connectivity index (χ2n) is 3.34. The predicted octanol–water partition coefficient (Wildman–Crippen LogP) is -0.292.